The quantitative estimate of drug-likeness (QED) is 0.0754. The van der Waals surface area contributed by atoms with Crippen molar-refractivity contribution in [1.29, 1.82) is 0 Å². The molecule has 0 saturated carbocycles. The molecule has 0 aliphatic heterocycles. The molecule has 4 nitrogen and oxygen atoms in total. The van der Waals surface area contributed by atoms with Crippen LogP contribution in [0.1, 0.15) is 55.6 Å². The van der Waals surface area contributed by atoms with Gasteiger partial charge >= 0.3 is 0 Å². The molecule has 0 amide bonds. The summed E-state index contributed by atoms with van der Waals surface area (Å²) in [5.74, 6) is 0. The molecule has 616 valence electrons. The van der Waals surface area contributed by atoms with Crippen molar-refractivity contribution >= 4 is 123 Å². The molecule has 0 heterocycles. The van der Waals surface area contributed by atoms with E-state index in [1.165, 1.54) is 143 Å². The van der Waals surface area contributed by atoms with Crippen molar-refractivity contribution in [3.63, 3.8) is 0 Å². The van der Waals surface area contributed by atoms with Crippen LogP contribution in [0.25, 0.3) is 122 Å². The number of benzene rings is 20. The van der Waals surface area contributed by atoms with Crippen LogP contribution in [0.5, 0.6) is 0 Å². The van der Waals surface area contributed by atoms with Crippen LogP contribution in [-0.2, 0) is 0 Å². The van der Waals surface area contributed by atoms with Crippen molar-refractivity contribution in [2.45, 2.75) is 55.4 Å². The van der Waals surface area contributed by atoms with Crippen LogP contribution in [0.2, 0.25) is 0 Å². The van der Waals surface area contributed by atoms with Gasteiger partial charge in [-0.1, -0.05) is 321 Å². The number of rotatable bonds is 20. The third kappa shape index (κ3) is 16.2. The first-order valence-corrected chi connectivity index (χ1v) is 44.2. The molecule has 0 unspecified atom stereocenters. The van der Waals surface area contributed by atoms with Crippen molar-refractivity contribution in [3.8, 4) is 66.8 Å². The van der Waals surface area contributed by atoms with E-state index in [-0.39, 0.29) is 0 Å². The number of para-hydroxylation sites is 2. The standard InChI is InChI=1S/C80H63N3.C44H37N/c1-6-59-18-17-23-72(54-59)83(67-42-30-56(3)31-43-67)71-46-34-61(35-47-71)60-32-44-68(45-33-60)82(65-21-11-8-12-22-65)70-50-38-63(39-51-70)78-53-58(5)80(76-27-16-14-25-74(76)78)79-57(4)52-77(73-24-13-15-26-75(73)79)62-36-48-69(49-37-62)81(64-19-9-7-10-20-64)66-40-28-55(2)29-41-66;1-6-33-12-11-13-37(28-33)45(35-22-18-29(2)19-23-35)36-24-20-34(21-25-36)42-27-32(5)44(41-17-10-8-15-39(41)42)43-31(4)26-30(3)38-14-7-9-16-40(38)43/h6-54H,1H2,2-5H3;6-28H,1H2,2-5H3. The van der Waals surface area contributed by atoms with E-state index < -0.39 is 0 Å². The molecule has 0 aromatic heterocycles. The molecular weight excluding hydrogens is 1550 g/mol. The highest BCUT2D eigenvalue weighted by atomic mass is 15.2. The molecule has 20 rings (SSSR count). The maximum Gasteiger partial charge on any atom is 0.0467 e. The van der Waals surface area contributed by atoms with Crippen LogP contribution in [0.4, 0.5) is 68.2 Å². The minimum Gasteiger partial charge on any atom is -0.311 e. The maximum absolute atomic E-state index is 4.03. The van der Waals surface area contributed by atoms with Crippen LogP contribution in [0.15, 0.2) is 438 Å². The Bertz CT molecular complexity index is 7480. The highest BCUT2D eigenvalue weighted by molar-refractivity contribution is 6.15. The minimum absolute atomic E-state index is 1.08. The Balaban J connectivity index is 0.000000199. The van der Waals surface area contributed by atoms with E-state index in [0.29, 0.717) is 0 Å². The monoisotopic (exact) mass is 1640 g/mol. The second-order valence-electron chi connectivity index (χ2n) is 33.8. The summed E-state index contributed by atoms with van der Waals surface area (Å²) in [5, 5.41) is 10.2. The molecular formula is C124H100N4. The summed E-state index contributed by atoms with van der Waals surface area (Å²) in [4.78, 5) is 9.29. The highest BCUT2D eigenvalue weighted by Gasteiger charge is 2.25. The van der Waals surface area contributed by atoms with Gasteiger partial charge in [0.25, 0.3) is 0 Å². The van der Waals surface area contributed by atoms with Gasteiger partial charge in [-0.2, -0.15) is 0 Å². The van der Waals surface area contributed by atoms with Gasteiger partial charge in [0.15, 0.2) is 0 Å². The Morgan fingerprint density at radius 3 is 0.656 bits per heavy atom. The Morgan fingerprint density at radius 1 is 0.164 bits per heavy atom. The fraction of sp³-hybridized carbons (Fsp3) is 0.0645. The fourth-order valence-corrected chi connectivity index (χ4v) is 18.9. The highest BCUT2D eigenvalue weighted by Crippen LogP contribution is 2.50. The van der Waals surface area contributed by atoms with E-state index in [1.807, 2.05) is 12.2 Å². The van der Waals surface area contributed by atoms with Crippen LogP contribution >= 0.6 is 0 Å². The van der Waals surface area contributed by atoms with Gasteiger partial charge in [0.2, 0.25) is 0 Å². The normalized spacial score (nSPS) is 11.2. The number of anilines is 12. The molecule has 0 N–H and O–H groups in total. The third-order valence-electron chi connectivity index (χ3n) is 25.2. The molecule has 0 radical (unpaired) electrons. The van der Waals surface area contributed by atoms with E-state index in [2.05, 4.69) is 513 Å². The third-order valence-corrected chi connectivity index (χ3v) is 25.2. The summed E-state index contributed by atoms with van der Waals surface area (Å²) in [7, 11) is 0. The lowest BCUT2D eigenvalue weighted by Gasteiger charge is -2.26. The first-order valence-electron chi connectivity index (χ1n) is 44.2. The van der Waals surface area contributed by atoms with E-state index >= 15 is 0 Å². The van der Waals surface area contributed by atoms with Crippen LogP contribution in [0.3, 0.4) is 0 Å². The summed E-state index contributed by atoms with van der Waals surface area (Å²) >= 11 is 0. The van der Waals surface area contributed by atoms with E-state index in [4.69, 9.17) is 0 Å². The smallest absolute Gasteiger partial charge is 0.0467 e. The molecule has 0 aliphatic rings. The van der Waals surface area contributed by atoms with E-state index in [0.717, 1.165) is 90.5 Å². The Morgan fingerprint density at radius 2 is 0.375 bits per heavy atom. The predicted molar refractivity (Wildman–Crippen MR) is 552 cm³/mol. The number of aryl methyl sites for hydroxylation is 8. The number of nitrogens with zero attached hydrogens (tertiary/aromatic N) is 4. The van der Waals surface area contributed by atoms with Crippen molar-refractivity contribution in [2.75, 3.05) is 19.6 Å². The van der Waals surface area contributed by atoms with Gasteiger partial charge in [-0.3, -0.25) is 0 Å². The first-order chi connectivity index (χ1) is 62.7. The van der Waals surface area contributed by atoms with Gasteiger partial charge in [-0.15, -0.1) is 0 Å². The summed E-state index contributed by atoms with van der Waals surface area (Å²) in [6.45, 7) is 25.7. The fourth-order valence-electron chi connectivity index (χ4n) is 18.9. The maximum atomic E-state index is 4.03. The average molecular weight is 1650 g/mol. The molecule has 20 aromatic rings. The summed E-state index contributed by atoms with van der Waals surface area (Å²) < 4.78 is 0. The Labute approximate surface area is 753 Å². The Hall–Kier alpha value is -15.9. The van der Waals surface area contributed by atoms with Gasteiger partial charge in [0, 0.05) is 68.2 Å². The number of fused-ring (bicyclic) bond motifs is 4. The van der Waals surface area contributed by atoms with Crippen molar-refractivity contribution < 1.29 is 0 Å². The summed E-state index contributed by atoms with van der Waals surface area (Å²) in [6.07, 6.45) is 3.80. The van der Waals surface area contributed by atoms with Crippen LogP contribution in [-0.4, -0.2) is 0 Å². The molecule has 20 aromatic carbocycles. The zero-order valence-corrected chi connectivity index (χ0v) is 73.8. The minimum atomic E-state index is 1.08. The summed E-state index contributed by atoms with van der Waals surface area (Å²) in [5.41, 5.74) is 40.4. The van der Waals surface area contributed by atoms with Crippen LogP contribution in [0, 0.1) is 55.4 Å². The average Bonchev–Trinajstić information content (AvgIpc) is 0.737. The zero-order chi connectivity index (χ0) is 87.5. The van der Waals surface area contributed by atoms with E-state index in [1.54, 1.807) is 0 Å². The molecule has 128 heavy (non-hydrogen) atoms. The predicted octanol–water partition coefficient (Wildman–Crippen LogP) is 35.6. The molecule has 0 saturated heterocycles. The lowest BCUT2D eigenvalue weighted by atomic mass is 9.83. The molecule has 0 bridgehead atoms. The lowest BCUT2D eigenvalue weighted by molar-refractivity contribution is 1.27. The van der Waals surface area contributed by atoms with E-state index in [9.17, 15) is 0 Å². The zero-order valence-electron chi connectivity index (χ0n) is 73.8. The second kappa shape index (κ2) is 35.8. The van der Waals surface area contributed by atoms with Gasteiger partial charge in [-0.25, -0.2) is 0 Å². The lowest BCUT2D eigenvalue weighted by Crippen LogP contribution is -2.10. The number of hydrogen-bond donors (Lipinski definition) is 0. The molecule has 0 fully saturated rings. The van der Waals surface area contributed by atoms with Gasteiger partial charge in [0.1, 0.15) is 0 Å². The second-order valence-corrected chi connectivity index (χ2v) is 33.8. The van der Waals surface area contributed by atoms with Crippen molar-refractivity contribution in [2.24, 2.45) is 0 Å². The van der Waals surface area contributed by atoms with Gasteiger partial charge < -0.3 is 19.6 Å². The largest absolute Gasteiger partial charge is 0.311 e. The SMILES string of the molecule is C=Cc1cccc(N(c2ccc(C)cc2)c2ccc(-c3cc(C)c(-c4c(C)cc(C)c5ccccc45)c4ccccc34)cc2)c1.C=Cc1cccc(N(c2ccc(C)cc2)c2ccc(-c3ccc(N(c4ccccc4)c4ccc(-c5cc(C)c(-c6c(C)cc(-c7ccc(N(c8ccccc8)c8ccc(C)cc8)cc7)c7ccccc67)c6ccccc56)cc4)cc3)cc2)c1. The molecule has 0 spiro atoms. The van der Waals surface area contributed by atoms with Crippen molar-refractivity contribution in [3.05, 3.63) is 493 Å². The van der Waals surface area contributed by atoms with Gasteiger partial charge in [0.05, 0.1) is 0 Å². The molecule has 4 heteroatoms. The summed E-state index contributed by atoms with van der Waals surface area (Å²) in [6, 6.07) is 155. The van der Waals surface area contributed by atoms with Gasteiger partial charge in [-0.05, 0) is 350 Å². The molecule has 0 atom stereocenters. The number of hydrogen-bond acceptors (Lipinski definition) is 4. The molecule has 0 aliphatic carbocycles. The van der Waals surface area contributed by atoms with Crippen LogP contribution < -0.4 is 19.6 Å². The Kier molecular flexibility index (Phi) is 22.8. The first kappa shape index (κ1) is 81.8. The topological polar surface area (TPSA) is 13.0 Å². The van der Waals surface area contributed by atoms with Crippen molar-refractivity contribution in [1.82, 2.24) is 0 Å².